The van der Waals surface area contributed by atoms with Gasteiger partial charge in [0.05, 0.1) is 0 Å². The summed E-state index contributed by atoms with van der Waals surface area (Å²) in [6.45, 7) is 12.5. The van der Waals surface area contributed by atoms with Crippen molar-refractivity contribution in [2.24, 2.45) is 23.7 Å². The zero-order valence-corrected chi connectivity index (χ0v) is 32.6. The van der Waals surface area contributed by atoms with Gasteiger partial charge < -0.3 is 27.4 Å². The predicted molar refractivity (Wildman–Crippen MR) is 165 cm³/mol. The molecule has 4 rings (SSSR count). The SMILES string of the molecule is CC1C2CN(C)CC2CN1C.CC1NCC2CN(C)CC21.I[I-]I.[CH3-].[I][V]([I])[I]. The number of nitrogens with one attached hydrogen (secondary N) is 1. The van der Waals surface area contributed by atoms with Crippen molar-refractivity contribution in [3.63, 3.8) is 0 Å². The molecular formula is C18H37I6N4V-2. The number of nitrogens with zero attached hydrogens (tertiary/aromatic N) is 3. The third-order valence-corrected chi connectivity index (χ3v) is 6.53. The molecule has 4 aliphatic rings. The molecule has 0 aromatic rings. The Morgan fingerprint density at radius 3 is 1.72 bits per heavy atom. The van der Waals surface area contributed by atoms with E-state index in [1.807, 2.05) is 0 Å². The Bertz CT molecular complexity index is 436. The van der Waals surface area contributed by atoms with Crippen LogP contribution in [0.4, 0.5) is 0 Å². The van der Waals surface area contributed by atoms with Gasteiger partial charge >= 0.3 is 115 Å². The van der Waals surface area contributed by atoms with Gasteiger partial charge in [0, 0.05) is 44.8 Å². The quantitative estimate of drug-likeness (QED) is 0.298. The first-order valence-corrected chi connectivity index (χ1v) is 35.6. The molecule has 0 saturated carbocycles. The van der Waals surface area contributed by atoms with Gasteiger partial charge in [0.1, 0.15) is 0 Å². The van der Waals surface area contributed by atoms with Crippen LogP contribution in [-0.4, -0.2) is 87.2 Å². The number of fused-ring (bicyclic) bond motifs is 2. The molecule has 178 valence electrons. The fourth-order valence-corrected chi connectivity index (χ4v) is 5.11. The first kappa shape index (κ1) is 33.8. The van der Waals surface area contributed by atoms with E-state index >= 15 is 0 Å². The summed E-state index contributed by atoms with van der Waals surface area (Å²) in [5.41, 5.74) is 0. The van der Waals surface area contributed by atoms with E-state index in [1.165, 1.54) is 39.3 Å². The number of hydrogen-bond acceptors (Lipinski definition) is 4. The maximum atomic E-state index is 3.52. The molecule has 0 spiro atoms. The molecule has 0 amide bonds. The van der Waals surface area contributed by atoms with Crippen LogP contribution in [0, 0.1) is 31.1 Å². The standard InChI is InChI=1S/C9H18N2.C8H16N2.CH3.I3.3HI.V/c1-7-9-6-10(2)4-8(9)5-11(7)3;1-6-8-5-10(2)4-7(8)3-9-6;;1-3-2;;;;/h7-9H,4-6H2,1-3H3;6-9H,3-5H2,1-2H3;1H3;;3*1H;/q;;2*-1;;;;+3/p-3. The van der Waals surface area contributed by atoms with Crippen molar-refractivity contribution >= 4 is 97.2 Å². The molecule has 29 heavy (non-hydrogen) atoms. The van der Waals surface area contributed by atoms with E-state index in [0.717, 1.165) is 35.8 Å². The molecule has 4 heterocycles. The molecule has 0 aliphatic carbocycles. The van der Waals surface area contributed by atoms with E-state index in [4.69, 9.17) is 0 Å². The summed E-state index contributed by atoms with van der Waals surface area (Å²) in [6, 6.07) is 1.57. The Morgan fingerprint density at radius 1 is 0.828 bits per heavy atom. The second kappa shape index (κ2) is 18.1. The van der Waals surface area contributed by atoms with E-state index in [2.05, 4.69) is 152 Å². The van der Waals surface area contributed by atoms with Gasteiger partial charge in [-0.3, -0.25) is 0 Å². The van der Waals surface area contributed by atoms with E-state index in [9.17, 15) is 0 Å². The van der Waals surface area contributed by atoms with Crippen molar-refractivity contribution in [1.82, 2.24) is 20.0 Å². The summed E-state index contributed by atoms with van der Waals surface area (Å²) < 4.78 is 0. The fraction of sp³-hybridized carbons (Fsp3) is 0.944. The van der Waals surface area contributed by atoms with Gasteiger partial charge in [-0.15, -0.1) is 0 Å². The molecule has 11 heteroatoms. The Kier molecular flexibility index (Phi) is 21.1. The Hall–Kier alpha value is 4.80. The third kappa shape index (κ3) is 12.5. The van der Waals surface area contributed by atoms with Crippen LogP contribution in [-0.2, 0) is 4.92 Å². The van der Waals surface area contributed by atoms with Crippen LogP contribution >= 0.6 is 97.2 Å². The Labute approximate surface area is 248 Å². The molecule has 6 unspecified atom stereocenters. The second-order valence-electron chi connectivity index (χ2n) is 8.41. The van der Waals surface area contributed by atoms with E-state index in [-0.39, 0.29) is 12.3 Å². The second-order valence-corrected chi connectivity index (χ2v) is 60.0. The maximum absolute atomic E-state index is 3.52. The monoisotopic (exact) mass is 1120 g/mol. The third-order valence-electron chi connectivity index (χ3n) is 6.53. The van der Waals surface area contributed by atoms with Gasteiger partial charge in [0.15, 0.2) is 0 Å². The first-order chi connectivity index (χ1) is 13.1. The van der Waals surface area contributed by atoms with Gasteiger partial charge in [-0.2, -0.15) is 0 Å². The summed E-state index contributed by atoms with van der Waals surface area (Å²) in [4.78, 5) is 7.15. The topological polar surface area (TPSA) is 21.8 Å². The van der Waals surface area contributed by atoms with Crippen LogP contribution in [0.15, 0.2) is 0 Å². The summed E-state index contributed by atoms with van der Waals surface area (Å²) in [7, 11) is 6.72. The molecular weight excluding hydrogens is 1080 g/mol. The molecule has 4 nitrogen and oxygen atoms in total. The van der Waals surface area contributed by atoms with Crippen LogP contribution < -0.4 is 18.6 Å². The van der Waals surface area contributed by atoms with Crippen molar-refractivity contribution in [3.8, 4) is 0 Å². The minimum absolute atomic E-state index is 0. The van der Waals surface area contributed by atoms with E-state index in [0.29, 0.717) is 13.3 Å². The molecule has 4 aliphatic heterocycles. The molecule has 6 atom stereocenters. The molecule has 0 aromatic heterocycles. The summed E-state index contributed by atoms with van der Waals surface area (Å²) >= 11 is 12.7. The summed E-state index contributed by atoms with van der Waals surface area (Å²) in [5.74, 6) is 3.79. The average Bonchev–Trinajstić information content (AvgIpc) is 3.28. The van der Waals surface area contributed by atoms with Gasteiger partial charge in [-0.1, -0.05) is 0 Å². The van der Waals surface area contributed by atoms with Crippen molar-refractivity contribution < 1.29 is 18.2 Å². The molecule has 0 radical (unpaired) electrons. The van der Waals surface area contributed by atoms with Gasteiger partial charge in [-0.05, 0) is 65.2 Å². The molecule has 1 N–H and O–H groups in total. The fourth-order valence-electron chi connectivity index (χ4n) is 5.11. The van der Waals surface area contributed by atoms with Crippen LogP contribution in [0.2, 0.25) is 0 Å². The van der Waals surface area contributed by atoms with E-state index < -0.39 is 0 Å². The van der Waals surface area contributed by atoms with Crippen molar-refractivity contribution in [1.29, 1.82) is 0 Å². The minimum atomic E-state index is -0.278. The van der Waals surface area contributed by atoms with Crippen molar-refractivity contribution in [3.05, 3.63) is 7.43 Å². The van der Waals surface area contributed by atoms with Crippen LogP contribution in [0.1, 0.15) is 13.8 Å². The van der Waals surface area contributed by atoms with Crippen LogP contribution in [0.25, 0.3) is 0 Å². The molecule has 0 aromatic carbocycles. The van der Waals surface area contributed by atoms with Crippen LogP contribution in [0.3, 0.4) is 0 Å². The Morgan fingerprint density at radius 2 is 1.28 bits per heavy atom. The normalized spacial score (nSPS) is 36.2. The summed E-state index contributed by atoms with van der Waals surface area (Å²) in [5, 5.41) is 3.52. The first-order valence-electron chi connectivity index (χ1n) is 9.55. The van der Waals surface area contributed by atoms with E-state index in [1.54, 1.807) is 0 Å². The van der Waals surface area contributed by atoms with Crippen molar-refractivity contribution in [2.75, 3.05) is 60.4 Å². The zero-order chi connectivity index (χ0) is 21.4. The number of rotatable bonds is 0. The predicted octanol–water partition coefficient (Wildman–Crippen LogP) is 2.53. The number of halogens is 6. The number of likely N-dealkylation sites (tertiary alicyclic amines) is 3. The van der Waals surface area contributed by atoms with Crippen molar-refractivity contribution in [2.45, 2.75) is 25.9 Å². The molecule has 4 fully saturated rings. The van der Waals surface area contributed by atoms with Gasteiger partial charge in [0.25, 0.3) is 0 Å². The van der Waals surface area contributed by atoms with Crippen LogP contribution in [0.5, 0.6) is 0 Å². The zero-order valence-electron chi connectivity index (χ0n) is 18.3. The molecule has 0 bridgehead atoms. The molecule has 4 saturated heterocycles. The summed E-state index contributed by atoms with van der Waals surface area (Å²) in [6.07, 6.45) is 0. The van der Waals surface area contributed by atoms with Gasteiger partial charge in [-0.25, -0.2) is 0 Å². The Balaban J connectivity index is 0.000000404. The van der Waals surface area contributed by atoms with Gasteiger partial charge in [0.2, 0.25) is 0 Å². The average molecular weight is 1120 g/mol. The number of hydrogen-bond donors (Lipinski definition) is 1.